The van der Waals surface area contributed by atoms with Crippen LogP contribution in [0.1, 0.15) is 36.2 Å². The number of rotatable bonds is 3. The second-order valence-corrected chi connectivity index (χ2v) is 7.47. The molecule has 1 fully saturated rings. The zero-order chi connectivity index (χ0) is 21.7. The van der Waals surface area contributed by atoms with Crippen molar-refractivity contribution in [2.75, 3.05) is 13.2 Å². The predicted molar refractivity (Wildman–Crippen MR) is 110 cm³/mol. The zero-order valence-corrected chi connectivity index (χ0v) is 16.4. The highest BCUT2D eigenvalue weighted by Crippen LogP contribution is 2.49. The number of terminal acetylenes is 1. The standard InChI is InChI=1S/C22H17N5O4/c1-2-3-9-31-22(30)25-12-14-10-17(25)19-20(28)27(21(29)26(14)19)16-7-6-13(11-23)18-15(16)5-4-8-24-18/h1,4-8,14,17,28H,3,9-10,12H2/t14-,17-/m0/s1. The van der Waals surface area contributed by atoms with E-state index in [2.05, 4.69) is 17.0 Å². The van der Waals surface area contributed by atoms with Gasteiger partial charge in [0.25, 0.3) is 0 Å². The normalized spacial score (nSPS) is 18.6. The van der Waals surface area contributed by atoms with Gasteiger partial charge in [-0.3, -0.25) is 14.5 Å². The first kappa shape index (κ1) is 18.8. The van der Waals surface area contributed by atoms with E-state index < -0.39 is 17.8 Å². The Morgan fingerprint density at radius 3 is 3.00 bits per heavy atom. The maximum atomic E-state index is 13.3. The number of nitriles is 1. The number of pyridine rings is 1. The molecule has 0 aliphatic carbocycles. The third-order valence-electron chi connectivity index (χ3n) is 5.87. The molecular weight excluding hydrogens is 398 g/mol. The van der Waals surface area contributed by atoms with E-state index in [-0.39, 0.29) is 18.5 Å². The number of ether oxygens (including phenoxy) is 1. The Labute approximate surface area is 176 Å². The highest BCUT2D eigenvalue weighted by molar-refractivity contribution is 5.91. The number of hydrogen-bond donors (Lipinski definition) is 1. The number of fused-ring (bicyclic) bond motifs is 6. The molecule has 9 heteroatoms. The molecule has 2 bridgehead atoms. The third-order valence-corrected chi connectivity index (χ3v) is 5.87. The summed E-state index contributed by atoms with van der Waals surface area (Å²) in [5, 5.41) is 21.0. The van der Waals surface area contributed by atoms with Crippen LogP contribution in [-0.4, -0.2) is 43.4 Å². The van der Waals surface area contributed by atoms with Crippen molar-refractivity contribution in [1.29, 1.82) is 5.26 Å². The van der Waals surface area contributed by atoms with Gasteiger partial charge in [-0.1, -0.05) is 0 Å². The van der Waals surface area contributed by atoms with Gasteiger partial charge in [0.15, 0.2) is 0 Å². The largest absolute Gasteiger partial charge is 0.493 e. The van der Waals surface area contributed by atoms with Crippen molar-refractivity contribution in [2.24, 2.45) is 0 Å². The van der Waals surface area contributed by atoms with Gasteiger partial charge in [0.2, 0.25) is 5.88 Å². The minimum absolute atomic E-state index is 0.118. The van der Waals surface area contributed by atoms with Gasteiger partial charge in [0, 0.05) is 24.5 Å². The summed E-state index contributed by atoms with van der Waals surface area (Å²) < 4.78 is 7.97. The van der Waals surface area contributed by atoms with Crippen LogP contribution in [0.25, 0.3) is 16.6 Å². The first-order chi connectivity index (χ1) is 15.1. The van der Waals surface area contributed by atoms with E-state index in [4.69, 9.17) is 11.2 Å². The van der Waals surface area contributed by atoms with E-state index in [1.807, 2.05) is 0 Å². The monoisotopic (exact) mass is 415 g/mol. The van der Waals surface area contributed by atoms with Crippen LogP contribution in [0, 0.1) is 23.7 Å². The van der Waals surface area contributed by atoms with Gasteiger partial charge in [-0.15, -0.1) is 12.3 Å². The van der Waals surface area contributed by atoms with Gasteiger partial charge in [0.05, 0.1) is 28.9 Å². The van der Waals surface area contributed by atoms with E-state index in [9.17, 15) is 20.0 Å². The molecule has 3 aromatic rings. The van der Waals surface area contributed by atoms with Crippen molar-refractivity contribution in [2.45, 2.75) is 24.9 Å². The van der Waals surface area contributed by atoms with Gasteiger partial charge in [0.1, 0.15) is 18.4 Å². The van der Waals surface area contributed by atoms with Crippen LogP contribution in [0.3, 0.4) is 0 Å². The van der Waals surface area contributed by atoms with Crippen LogP contribution in [0.2, 0.25) is 0 Å². The number of likely N-dealkylation sites (tertiary alicyclic amines) is 1. The zero-order valence-electron chi connectivity index (χ0n) is 16.4. The van der Waals surface area contributed by atoms with Crippen LogP contribution >= 0.6 is 0 Å². The fourth-order valence-electron chi connectivity index (χ4n) is 4.59. The lowest BCUT2D eigenvalue weighted by molar-refractivity contribution is 0.0946. The van der Waals surface area contributed by atoms with Crippen LogP contribution in [0.5, 0.6) is 5.88 Å². The number of carbonyl (C=O) groups is 1. The van der Waals surface area contributed by atoms with E-state index in [0.717, 1.165) is 0 Å². The van der Waals surface area contributed by atoms with E-state index in [0.29, 0.717) is 47.2 Å². The van der Waals surface area contributed by atoms with Crippen LogP contribution < -0.4 is 5.69 Å². The number of aromatic hydroxyl groups is 1. The predicted octanol–water partition coefficient (Wildman–Crippen LogP) is 2.23. The third kappa shape index (κ3) is 2.60. The van der Waals surface area contributed by atoms with Gasteiger partial charge >= 0.3 is 11.8 Å². The van der Waals surface area contributed by atoms with Crippen LogP contribution in [0.15, 0.2) is 35.3 Å². The highest BCUT2D eigenvalue weighted by Gasteiger charge is 2.49. The smallest absolute Gasteiger partial charge is 0.410 e. The highest BCUT2D eigenvalue weighted by atomic mass is 16.6. The van der Waals surface area contributed by atoms with Crippen molar-refractivity contribution in [3.05, 3.63) is 52.2 Å². The summed E-state index contributed by atoms with van der Waals surface area (Å²) >= 11 is 0. The minimum atomic E-state index is -0.512. The number of aromatic nitrogens is 3. The van der Waals surface area contributed by atoms with Gasteiger partial charge in [-0.05, 0) is 30.7 Å². The van der Waals surface area contributed by atoms with Crippen molar-refractivity contribution >= 4 is 17.0 Å². The maximum absolute atomic E-state index is 13.3. The summed E-state index contributed by atoms with van der Waals surface area (Å²) in [6.45, 7) is 0.443. The number of hydrogen-bond acceptors (Lipinski definition) is 6. The SMILES string of the molecule is C#CCCOC(=O)N1C[C@@H]2C[C@H]1c1c(O)n(-c3ccc(C#N)c4ncccc34)c(=O)n12. The molecule has 31 heavy (non-hydrogen) atoms. The van der Waals surface area contributed by atoms with E-state index >= 15 is 0 Å². The van der Waals surface area contributed by atoms with Crippen LogP contribution in [-0.2, 0) is 4.74 Å². The fraction of sp³-hybridized carbons (Fsp3) is 0.273. The first-order valence-electron chi connectivity index (χ1n) is 9.78. The number of benzene rings is 1. The summed E-state index contributed by atoms with van der Waals surface area (Å²) in [4.78, 5) is 31.5. The Kier molecular flexibility index (Phi) is 4.19. The average Bonchev–Trinajstić information content (AvgIpc) is 3.45. The molecular formula is C22H17N5O4. The molecule has 2 aliphatic heterocycles. The average molecular weight is 415 g/mol. The molecule has 0 saturated carbocycles. The van der Waals surface area contributed by atoms with Crippen LogP contribution in [0.4, 0.5) is 4.79 Å². The summed E-state index contributed by atoms with van der Waals surface area (Å²) in [5.74, 6) is 2.19. The van der Waals surface area contributed by atoms with Crippen molar-refractivity contribution in [1.82, 2.24) is 19.0 Å². The summed E-state index contributed by atoms with van der Waals surface area (Å²) in [5.41, 5.74) is 1.24. The molecule has 1 N–H and O–H groups in total. The molecule has 0 spiro atoms. The van der Waals surface area contributed by atoms with Crippen molar-refractivity contribution in [3.63, 3.8) is 0 Å². The van der Waals surface area contributed by atoms with Gasteiger partial charge in [-0.25, -0.2) is 14.2 Å². The topological polar surface area (TPSA) is 113 Å². The molecule has 154 valence electrons. The fourth-order valence-corrected chi connectivity index (χ4v) is 4.59. The second kappa shape index (κ2) is 6.92. The van der Waals surface area contributed by atoms with Crippen molar-refractivity contribution < 1.29 is 14.6 Å². The number of amides is 1. The Hall–Kier alpha value is -4.24. The van der Waals surface area contributed by atoms with E-state index in [1.165, 1.54) is 9.47 Å². The number of nitrogens with zero attached hydrogens (tertiary/aromatic N) is 5. The number of carbonyl (C=O) groups excluding carboxylic acids is 1. The van der Waals surface area contributed by atoms with Crippen molar-refractivity contribution in [3.8, 4) is 30.0 Å². The quantitative estimate of drug-likeness (QED) is 0.518. The molecule has 4 heterocycles. The molecule has 9 nitrogen and oxygen atoms in total. The molecule has 5 rings (SSSR count). The second-order valence-electron chi connectivity index (χ2n) is 7.47. The molecule has 2 aliphatic rings. The molecule has 0 unspecified atom stereocenters. The summed E-state index contributed by atoms with van der Waals surface area (Å²) in [6, 6.07) is 8.03. The molecule has 1 saturated heterocycles. The first-order valence-corrected chi connectivity index (χ1v) is 9.78. The summed E-state index contributed by atoms with van der Waals surface area (Å²) in [7, 11) is 0. The lowest BCUT2D eigenvalue weighted by atomic mass is 10.1. The minimum Gasteiger partial charge on any atom is -0.493 e. The molecule has 2 atom stereocenters. The van der Waals surface area contributed by atoms with Gasteiger partial charge in [-0.2, -0.15) is 5.26 Å². The maximum Gasteiger partial charge on any atom is 0.410 e. The molecule has 1 aromatic carbocycles. The van der Waals surface area contributed by atoms with Gasteiger partial charge < -0.3 is 9.84 Å². The Bertz CT molecular complexity index is 1370. The Morgan fingerprint density at radius 1 is 1.39 bits per heavy atom. The number of imidazole rings is 1. The molecule has 2 aromatic heterocycles. The summed E-state index contributed by atoms with van der Waals surface area (Å²) in [6.07, 6.45) is 7.11. The van der Waals surface area contributed by atoms with E-state index in [1.54, 1.807) is 35.0 Å². The Morgan fingerprint density at radius 2 is 2.23 bits per heavy atom. The Balaban J connectivity index is 1.60. The molecule has 1 amide bonds. The molecule has 0 radical (unpaired) electrons. The lowest BCUT2D eigenvalue weighted by Gasteiger charge is -2.26. The lowest BCUT2D eigenvalue weighted by Crippen LogP contribution is -2.38.